The van der Waals surface area contributed by atoms with E-state index >= 15 is 0 Å². The van der Waals surface area contributed by atoms with Crippen LogP contribution in [0.1, 0.15) is 23.2 Å². The van der Waals surface area contributed by atoms with Gasteiger partial charge in [-0.1, -0.05) is 0 Å². The Balaban J connectivity index is 2.23. The zero-order chi connectivity index (χ0) is 15.6. The van der Waals surface area contributed by atoms with Crippen LogP contribution in [0.3, 0.4) is 0 Å². The van der Waals surface area contributed by atoms with E-state index in [0.29, 0.717) is 6.54 Å². The van der Waals surface area contributed by atoms with E-state index in [4.69, 9.17) is 0 Å². The minimum atomic E-state index is -0.928. The van der Waals surface area contributed by atoms with Crippen molar-refractivity contribution in [1.82, 2.24) is 9.80 Å². The van der Waals surface area contributed by atoms with Gasteiger partial charge in [0.05, 0.1) is 4.92 Å². The fraction of sp³-hybridized carbons (Fsp3) is 0.500. The van der Waals surface area contributed by atoms with Crippen molar-refractivity contribution in [1.29, 1.82) is 0 Å². The molecule has 1 unspecified atom stereocenters. The van der Waals surface area contributed by atoms with E-state index in [2.05, 4.69) is 0 Å². The Morgan fingerprint density at radius 3 is 2.86 bits per heavy atom. The van der Waals surface area contributed by atoms with Crippen LogP contribution < -0.4 is 0 Å². The molecule has 1 aliphatic rings. The molecule has 1 aromatic carbocycles. The molecule has 0 spiro atoms. The quantitative estimate of drug-likeness (QED) is 0.628. The minimum Gasteiger partial charge on any atom is -0.334 e. The fourth-order valence-corrected chi connectivity index (χ4v) is 2.67. The average Bonchev–Trinajstić information content (AvgIpc) is 2.85. The largest absolute Gasteiger partial charge is 0.334 e. The number of nitro benzene ring substituents is 1. The Kier molecular flexibility index (Phi) is 4.52. The molecule has 114 valence electrons. The van der Waals surface area contributed by atoms with Gasteiger partial charge in [-0.15, -0.1) is 0 Å². The zero-order valence-electron chi connectivity index (χ0n) is 12.1. The molecule has 0 aromatic heterocycles. The van der Waals surface area contributed by atoms with Crippen molar-refractivity contribution < 1.29 is 14.1 Å². The van der Waals surface area contributed by atoms with Crippen LogP contribution in [-0.4, -0.2) is 53.9 Å². The third-order valence-electron chi connectivity index (χ3n) is 3.60. The van der Waals surface area contributed by atoms with Gasteiger partial charge in [-0.2, -0.15) is 4.39 Å². The van der Waals surface area contributed by atoms with Crippen molar-refractivity contribution in [3.05, 3.63) is 39.7 Å². The SMILES string of the molecule is CN(C)CC1CCCN1C(=O)c1ccc(F)c([N+](=O)[O-])c1. The second-order valence-corrected chi connectivity index (χ2v) is 5.48. The van der Waals surface area contributed by atoms with Crippen molar-refractivity contribution in [2.24, 2.45) is 0 Å². The molecule has 0 bridgehead atoms. The molecule has 0 N–H and O–H groups in total. The first kappa shape index (κ1) is 15.4. The topological polar surface area (TPSA) is 66.7 Å². The van der Waals surface area contributed by atoms with Crippen LogP contribution in [0.2, 0.25) is 0 Å². The van der Waals surface area contributed by atoms with E-state index in [1.165, 1.54) is 6.07 Å². The molecule has 1 heterocycles. The number of benzene rings is 1. The number of halogens is 1. The first-order valence-corrected chi connectivity index (χ1v) is 6.80. The van der Waals surface area contributed by atoms with E-state index in [-0.39, 0.29) is 17.5 Å². The lowest BCUT2D eigenvalue weighted by Gasteiger charge is -2.27. The maximum atomic E-state index is 13.3. The lowest BCUT2D eigenvalue weighted by atomic mass is 10.1. The van der Waals surface area contributed by atoms with Crippen LogP contribution in [0.5, 0.6) is 0 Å². The second kappa shape index (κ2) is 6.17. The minimum absolute atomic E-state index is 0.0941. The molecule has 21 heavy (non-hydrogen) atoms. The monoisotopic (exact) mass is 295 g/mol. The van der Waals surface area contributed by atoms with Crippen molar-refractivity contribution in [3.8, 4) is 0 Å². The molecule has 6 nitrogen and oxygen atoms in total. The summed E-state index contributed by atoms with van der Waals surface area (Å²) in [5.74, 6) is -1.20. The first-order chi connectivity index (χ1) is 9.90. The summed E-state index contributed by atoms with van der Waals surface area (Å²) < 4.78 is 13.3. The summed E-state index contributed by atoms with van der Waals surface area (Å²) in [6.45, 7) is 1.37. The Morgan fingerprint density at radius 1 is 1.52 bits per heavy atom. The predicted octanol–water partition coefficient (Wildman–Crippen LogP) is 1.90. The fourth-order valence-electron chi connectivity index (χ4n) is 2.67. The van der Waals surface area contributed by atoms with Crippen molar-refractivity contribution >= 4 is 11.6 Å². The smallest absolute Gasteiger partial charge is 0.305 e. The normalized spacial score (nSPS) is 18.3. The Bertz CT molecular complexity index is 562. The summed E-state index contributed by atoms with van der Waals surface area (Å²) in [7, 11) is 3.87. The number of rotatable bonds is 4. The van der Waals surface area contributed by atoms with Crippen molar-refractivity contribution in [2.75, 3.05) is 27.2 Å². The molecular formula is C14H18FN3O3. The van der Waals surface area contributed by atoms with Gasteiger partial charge < -0.3 is 9.80 Å². The third-order valence-corrected chi connectivity index (χ3v) is 3.60. The molecular weight excluding hydrogens is 277 g/mol. The molecule has 1 saturated heterocycles. The Morgan fingerprint density at radius 2 is 2.24 bits per heavy atom. The highest BCUT2D eigenvalue weighted by Crippen LogP contribution is 2.24. The summed E-state index contributed by atoms with van der Waals surface area (Å²) in [5.41, 5.74) is -0.502. The maximum Gasteiger partial charge on any atom is 0.305 e. The summed E-state index contributed by atoms with van der Waals surface area (Å²) in [4.78, 5) is 26.2. The van der Waals surface area contributed by atoms with E-state index < -0.39 is 16.4 Å². The van der Waals surface area contributed by atoms with Crippen LogP contribution >= 0.6 is 0 Å². The predicted molar refractivity (Wildman–Crippen MR) is 75.7 cm³/mol. The van der Waals surface area contributed by atoms with Crippen molar-refractivity contribution in [2.45, 2.75) is 18.9 Å². The first-order valence-electron chi connectivity index (χ1n) is 6.80. The molecule has 7 heteroatoms. The number of carbonyl (C=O) groups is 1. The van der Waals surface area contributed by atoms with Crippen LogP contribution in [0, 0.1) is 15.9 Å². The number of likely N-dealkylation sites (tertiary alicyclic amines) is 1. The van der Waals surface area contributed by atoms with Gasteiger partial charge in [0.2, 0.25) is 5.82 Å². The Hall–Kier alpha value is -2.02. The molecule has 1 atom stereocenters. The van der Waals surface area contributed by atoms with Gasteiger partial charge in [0, 0.05) is 30.8 Å². The zero-order valence-corrected chi connectivity index (χ0v) is 12.1. The van der Waals surface area contributed by atoms with Crippen molar-refractivity contribution in [3.63, 3.8) is 0 Å². The van der Waals surface area contributed by atoms with Crippen LogP contribution in [0.15, 0.2) is 18.2 Å². The van der Waals surface area contributed by atoms with E-state index in [1.54, 1.807) is 4.90 Å². The number of hydrogen-bond acceptors (Lipinski definition) is 4. The van der Waals surface area contributed by atoms with Gasteiger partial charge in [-0.3, -0.25) is 14.9 Å². The number of amides is 1. The van der Waals surface area contributed by atoms with E-state index in [9.17, 15) is 19.3 Å². The molecule has 1 amide bonds. The molecule has 0 saturated carbocycles. The van der Waals surface area contributed by atoms with Gasteiger partial charge in [0.1, 0.15) is 0 Å². The molecule has 0 aliphatic carbocycles. The molecule has 0 radical (unpaired) electrons. The lowest BCUT2D eigenvalue weighted by molar-refractivity contribution is -0.387. The standard InChI is InChI=1S/C14H18FN3O3/c1-16(2)9-11-4-3-7-17(11)14(19)10-5-6-12(15)13(8-10)18(20)21/h5-6,8,11H,3-4,7,9H2,1-2H3. The number of hydrogen-bond donors (Lipinski definition) is 0. The number of carbonyl (C=O) groups excluding carboxylic acids is 1. The number of likely N-dealkylation sites (N-methyl/N-ethyl adjacent to an activating group) is 1. The maximum absolute atomic E-state index is 13.3. The molecule has 1 fully saturated rings. The molecule has 2 rings (SSSR count). The van der Waals surface area contributed by atoms with Gasteiger partial charge in [-0.25, -0.2) is 0 Å². The van der Waals surface area contributed by atoms with E-state index in [1.807, 2.05) is 19.0 Å². The summed E-state index contributed by atoms with van der Waals surface area (Å²) in [6.07, 6.45) is 1.82. The van der Waals surface area contributed by atoms with Crippen LogP contribution in [-0.2, 0) is 0 Å². The van der Waals surface area contributed by atoms with Crippen LogP contribution in [0.25, 0.3) is 0 Å². The number of nitrogens with zero attached hydrogens (tertiary/aromatic N) is 3. The van der Waals surface area contributed by atoms with Gasteiger partial charge in [-0.05, 0) is 39.1 Å². The average molecular weight is 295 g/mol. The lowest BCUT2D eigenvalue weighted by Crippen LogP contribution is -2.41. The highest BCUT2D eigenvalue weighted by Gasteiger charge is 2.30. The van der Waals surface area contributed by atoms with Crippen LogP contribution in [0.4, 0.5) is 10.1 Å². The van der Waals surface area contributed by atoms with Gasteiger partial charge in [0.15, 0.2) is 0 Å². The third kappa shape index (κ3) is 3.36. The highest BCUT2D eigenvalue weighted by atomic mass is 19.1. The van der Waals surface area contributed by atoms with E-state index in [0.717, 1.165) is 31.5 Å². The molecule has 1 aromatic rings. The number of nitro groups is 1. The molecule has 1 aliphatic heterocycles. The van der Waals surface area contributed by atoms with Gasteiger partial charge >= 0.3 is 5.69 Å². The second-order valence-electron chi connectivity index (χ2n) is 5.48. The summed E-state index contributed by atoms with van der Waals surface area (Å²) >= 11 is 0. The summed E-state index contributed by atoms with van der Waals surface area (Å²) in [5, 5.41) is 10.8. The summed E-state index contributed by atoms with van der Waals surface area (Å²) in [6, 6.07) is 3.39. The van der Waals surface area contributed by atoms with Gasteiger partial charge in [0.25, 0.3) is 5.91 Å². The highest BCUT2D eigenvalue weighted by molar-refractivity contribution is 5.95. The Labute approximate surface area is 122 Å².